The lowest BCUT2D eigenvalue weighted by Gasteiger charge is -2.11. The van der Waals surface area contributed by atoms with Gasteiger partial charge in [-0.3, -0.25) is 5.10 Å². The smallest absolute Gasteiger partial charge is 0.181 e. The van der Waals surface area contributed by atoms with Crippen LogP contribution in [0.3, 0.4) is 0 Å². The summed E-state index contributed by atoms with van der Waals surface area (Å²) in [6.07, 6.45) is 1.33. The molecular weight excluding hydrogens is 256 g/mol. The van der Waals surface area contributed by atoms with E-state index in [1.165, 1.54) is 17.9 Å². The molecule has 1 aliphatic heterocycles. The Balaban J connectivity index is 1.69. The summed E-state index contributed by atoms with van der Waals surface area (Å²) in [6.45, 7) is 2.97. The molecule has 1 unspecified atom stereocenters. The van der Waals surface area contributed by atoms with Crippen LogP contribution in [0, 0.1) is 12.8 Å². The van der Waals surface area contributed by atoms with Gasteiger partial charge in [-0.25, -0.2) is 4.98 Å². The second-order valence-electron chi connectivity index (χ2n) is 4.94. The predicted octanol–water partition coefficient (Wildman–Crippen LogP) is 2.95. The number of aromatic amines is 1. The molecular formula is C14H18N4S. The van der Waals surface area contributed by atoms with Crippen LogP contribution in [0.25, 0.3) is 11.4 Å². The van der Waals surface area contributed by atoms with Crippen molar-refractivity contribution in [3.63, 3.8) is 0 Å². The number of hydrogen-bond acceptors (Lipinski definition) is 4. The van der Waals surface area contributed by atoms with Gasteiger partial charge in [0.1, 0.15) is 5.82 Å². The zero-order chi connectivity index (χ0) is 13.1. The summed E-state index contributed by atoms with van der Waals surface area (Å²) in [7, 11) is 0. The Bertz CT molecular complexity index is 546. The molecule has 100 valence electrons. The molecule has 3 rings (SSSR count). The summed E-state index contributed by atoms with van der Waals surface area (Å²) in [5.74, 6) is 5.00. The van der Waals surface area contributed by atoms with Crippen molar-refractivity contribution in [3.05, 3.63) is 30.1 Å². The highest BCUT2D eigenvalue weighted by Crippen LogP contribution is 2.24. The molecule has 1 aliphatic rings. The number of aryl methyl sites for hydroxylation is 1. The highest BCUT2D eigenvalue weighted by molar-refractivity contribution is 7.99. The molecule has 0 saturated carbocycles. The number of nitrogens with zero attached hydrogens (tertiary/aromatic N) is 2. The van der Waals surface area contributed by atoms with Crippen LogP contribution in [0.2, 0.25) is 0 Å². The molecule has 0 bridgehead atoms. The zero-order valence-corrected chi connectivity index (χ0v) is 11.8. The molecule has 1 atom stereocenters. The van der Waals surface area contributed by atoms with E-state index >= 15 is 0 Å². The zero-order valence-electron chi connectivity index (χ0n) is 11.0. The van der Waals surface area contributed by atoms with Crippen LogP contribution in [0.1, 0.15) is 12.2 Å². The molecule has 4 nitrogen and oxygen atoms in total. The number of anilines is 1. The maximum absolute atomic E-state index is 4.36. The molecule has 0 radical (unpaired) electrons. The average Bonchev–Trinajstić information content (AvgIpc) is 3.08. The molecule has 1 aromatic carbocycles. The van der Waals surface area contributed by atoms with E-state index in [0.29, 0.717) is 0 Å². The molecule has 2 N–H and O–H groups in total. The van der Waals surface area contributed by atoms with E-state index in [9.17, 15) is 0 Å². The molecule has 1 aromatic heterocycles. The van der Waals surface area contributed by atoms with E-state index in [2.05, 4.69) is 44.4 Å². The fourth-order valence-electron chi connectivity index (χ4n) is 2.25. The number of hydrogen-bond donors (Lipinski definition) is 2. The van der Waals surface area contributed by atoms with Crippen molar-refractivity contribution >= 4 is 17.4 Å². The molecule has 0 amide bonds. The standard InChI is InChI=1S/C14H18N4S/c1-10-16-14(18-17-10)12-3-2-4-13(7-12)15-8-11-5-6-19-9-11/h2-4,7,11,15H,5-6,8-9H2,1H3,(H,16,17,18). The third-order valence-electron chi connectivity index (χ3n) is 3.34. The van der Waals surface area contributed by atoms with Crippen molar-refractivity contribution < 1.29 is 0 Å². The van der Waals surface area contributed by atoms with Crippen molar-refractivity contribution in [2.75, 3.05) is 23.4 Å². The quantitative estimate of drug-likeness (QED) is 0.900. The van der Waals surface area contributed by atoms with Gasteiger partial charge in [0.25, 0.3) is 0 Å². The maximum Gasteiger partial charge on any atom is 0.181 e. The summed E-state index contributed by atoms with van der Waals surface area (Å²) < 4.78 is 0. The summed E-state index contributed by atoms with van der Waals surface area (Å²) >= 11 is 2.06. The van der Waals surface area contributed by atoms with Gasteiger partial charge in [0, 0.05) is 17.8 Å². The Morgan fingerprint density at radius 1 is 1.47 bits per heavy atom. The summed E-state index contributed by atoms with van der Waals surface area (Å²) in [4.78, 5) is 4.36. The minimum absolute atomic E-state index is 0.762. The highest BCUT2D eigenvalue weighted by atomic mass is 32.2. The van der Waals surface area contributed by atoms with Crippen LogP contribution < -0.4 is 5.32 Å². The topological polar surface area (TPSA) is 53.6 Å². The fourth-order valence-corrected chi connectivity index (χ4v) is 3.53. The van der Waals surface area contributed by atoms with Crippen molar-refractivity contribution in [2.24, 2.45) is 5.92 Å². The second-order valence-corrected chi connectivity index (χ2v) is 6.09. The van der Waals surface area contributed by atoms with Crippen molar-refractivity contribution in [3.8, 4) is 11.4 Å². The number of nitrogens with one attached hydrogen (secondary N) is 2. The Morgan fingerprint density at radius 3 is 3.16 bits per heavy atom. The van der Waals surface area contributed by atoms with Crippen LogP contribution in [-0.2, 0) is 0 Å². The SMILES string of the molecule is Cc1nc(-c2cccc(NCC3CCSC3)c2)n[nH]1. The van der Waals surface area contributed by atoms with Crippen LogP contribution in [-0.4, -0.2) is 33.2 Å². The average molecular weight is 274 g/mol. The maximum atomic E-state index is 4.36. The Morgan fingerprint density at radius 2 is 2.42 bits per heavy atom. The third kappa shape index (κ3) is 3.10. The van der Waals surface area contributed by atoms with Gasteiger partial charge in [-0.1, -0.05) is 12.1 Å². The van der Waals surface area contributed by atoms with Gasteiger partial charge < -0.3 is 5.32 Å². The largest absolute Gasteiger partial charge is 0.385 e. The van der Waals surface area contributed by atoms with E-state index in [1.807, 2.05) is 19.1 Å². The molecule has 1 fully saturated rings. The Labute approximate surface area is 117 Å². The van der Waals surface area contributed by atoms with Gasteiger partial charge in [-0.05, 0) is 42.9 Å². The van der Waals surface area contributed by atoms with Crippen molar-refractivity contribution in [1.29, 1.82) is 0 Å². The summed E-state index contributed by atoms with van der Waals surface area (Å²) in [5.41, 5.74) is 2.20. The number of thioether (sulfide) groups is 1. The molecule has 2 aromatic rings. The van der Waals surface area contributed by atoms with Crippen molar-refractivity contribution in [2.45, 2.75) is 13.3 Å². The number of H-pyrrole nitrogens is 1. The first-order valence-corrected chi connectivity index (χ1v) is 7.78. The van der Waals surface area contributed by atoms with Gasteiger partial charge in [-0.2, -0.15) is 16.9 Å². The van der Waals surface area contributed by atoms with Crippen LogP contribution in [0.5, 0.6) is 0 Å². The monoisotopic (exact) mass is 274 g/mol. The first kappa shape index (κ1) is 12.5. The van der Waals surface area contributed by atoms with Crippen molar-refractivity contribution in [1.82, 2.24) is 15.2 Å². The normalized spacial score (nSPS) is 18.7. The summed E-state index contributed by atoms with van der Waals surface area (Å²) in [6, 6.07) is 8.31. The molecule has 0 spiro atoms. The first-order chi connectivity index (χ1) is 9.31. The number of rotatable bonds is 4. The lowest BCUT2D eigenvalue weighted by Crippen LogP contribution is -2.13. The van der Waals surface area contributed by atoms with E-state index in [-0.39, 0.29) is 0 Å². The Hall–Kier alpha value is -1.49. The fraction of sp³-hybridized carbons (Fsp3) is 0.429. The molecule has 0 aliphatic carbocycles. The third-order valence-corrected chi connectivity index (χ3v) is 4.57. The first-order valence-electron chi connectivity index (χ1n) is 6.62. The Kier molecular flexibility index (Phi) is 3.73. The van der Waals surface area contributed by atoms with Gasteiger partial charge in [0.2, 0.25) is 0 Å². The van der Waals surface area contributed by atoms with Gasteiger partial charge in [-0.15, -0.1) is 0 Å². The molecule has 19 heavy (non-hydrogen) atoms. The van der Waals surface area contributed by atoms with Crippen LogP contribution in [0.4, 0.5) is 5.69 Å². The molecule has 2 heterocycles. The molecule has 5 heteroatoms. The van der Waals surface area contributed by atoms with Crippen LogP contribution in [0.15, 0.2) is 24.3 Å². The minimum atomic E-state index is 0.762. The number of benzene rings is 1. The van der Waals surface area contributed by atoms with E-state index in [4.69, 9.17) is 0 Å². The van der Waals surface area contributed by atoms with Gasteiger partial charge in [0.05, 0.1) is 0 Å². The lowest BCUT2D eigenvalue weighted by atomic mass is 10.1. The van der Waals surface area contributed by atoms with Crippen LogP contribution >= 0.6 is 11.8 Å². The second kappa shape index (κ2) is 5.65. The highest BCUT2D eigenvalue weighted by Gasteiger charge is 2.14. The summed E-state index contributed by atoms with van der Waals surface area (Å²) in [5, 5.41) is 10.6. The van der Waals surface area contributed by atoms with Gasteiger partial charge in [0.15, 0.2) is 5.82 Å². The van der Waals surface area contributed by atoms with E-state index in [0.717, 1.165) is 35.4 Å². The van der Waals surface area contributed by atoms with Gasteiger partial charge >= 0.3 is 0 Å². The van der Waals surface area contributed by atoms with E-state index < -0.39 is 0 Å². The molecule has 1 saturated heterocycles. The lowest BCUT2D eigenvalue weighted by molar-refractivity contribution is 0.632. The number of aromatic nitrogens is 3. The minimum Gasteiger partial charge on any atom is -0.385 e. The van der Waals surface area contributed by atoms with E-state index in [1.54, 1.807) is 0 Å². The predicted molar refractivity (Wildman–Crippen MR) is 80.5 cm³/mol.